The van der Waals surface area contributed by atoms with Gasteiger partial charge in [0, 0.05) is 11.3 Å². The maximum atomic E-state index is 4.99. The van der Waals surface area contributed by atoms with Gasteiger partial charge in [-0.2, -0.15) is 11.8 Å². The number of aromatic nitrogens is 2. The van der Waals surface area contributed by atoms with Crippen LogP contribution in [0.4, 0.5) is 5.13 Å². The maximum Gasteiger partial charge on any atom is 0.204 e. The van der Waals surface area contributed by atoms with Gasteiger partial charge in [0.05, 0.1) is 0 Å². The van der Waals surface area contributed by atoms with E-state index in [1.54, 1.807) is 0 Å². The minimum absolute atomic E-state index is 0.568. The number of hydrogen-bond acceptors (Lipinski definition) is 5. The Morgan fingerprint density at radius 3 is 3.14 bits per heavy atom. The number of H-pyrrole nitrogens is 1. The predicted molar refractivity (Wildman–Crippen MR) is 65.9 cm³/mol. The van der Waals surface area contributed by atoms with Crippen LogP contribution in [-0.2, 0) is 0 Å². The lowest BCUT2D eigenvalue weighted by Gasteiger charge is -2.17. The van der Waals surface area contributed by atoms with Crippen LogP contribution in [0.5, 0.6) is 0 Å². The van der Waals surface area contributed by atoms with Crippen molar-refractivity contribution in [2.45, 2.75) is 30.6 Å². The van der Waals surface area contributed by atoms with Crippen molar-refractivity contribution in [2.75, 3.05) is 11.6 Å². The summed E-state index contributed by atoms with van der Waals surface area (Å²) in [7, 11) is 0. The van der Waals surface area contributed by atoms with Crippen molar-refractivity contribution in [2.24, 2.45) is 0 Å². The monoisotopic (exact) mass is 247 g/mol. The van der Waals surface area contributed by atoms with Gasteiger partial charge >= 0.3 is 0 Å². The summed E-state index contributed by atoms with van der Waals surface area (Å²) in [4.78, 5) is 0. The Morgan fingerprint density at radius 2 is 2.50 bits per heavy atom. The lowest BCUT2D eigenvalue weighted by atomic mass is 10.2. The second-order valence-electron chi connectivity index (χ2n) is 3.37. The van der Waals surface area contributed by atoms with Gasteiger partial charge in [-0.3, -0.25) is 5.10 Å². The van der Waals surface area contributed by atoms with Crippen molar-refractivity contribution < 1.29 is 0 Å². The summed E-state index contributed by atoms with van der Waals surface area (Å²) in [5.41, 5.74) is 0. The molecule has 2 atom stereocenters. The normalized spacial score (nSPS) is 26.6. The smallest absolute Gasteiger partial charge is 0.204 e. The lowest BCUT2D eigenvalue weighted by Crippen LogP contribution is -2.25. The van der Waals surface area contributed by atoms with Gasteiger partial charge in [-0.1, -0.05) is 17.8 Å². The molecule has 1 aromatic heterocycles. The molecule has 2 rings (SSSR count). The number of aromatic amines is 1. The second kappa shape index (κ2) is 4.63. The Kier molecular flexibility index (Phi) is 3.46. The number of hydrogen-bond donors (Lipinski definition) is 2. The molecule has 1 saturated carbocycles. The van der Waals surface area contributed by atoms with E-state index in [1.807, 2.05) is 11.8 Å². The number of nitrogens with zero attached hydrogens (tertiary/aromatic N) is 1. The molecule has 6 heteroatoms. The van der Waals surface area contributed by atoms with E-state index in [4.69, 9.17) is 12.2 Å². The Morgan fingerprint density at radius 1 is 1.64 bits per heavy atom. The molecular formula is C8H13N3S3. The van der Waals surface area contributed by atoms with Gasteiger partial charge in [0.25, 0.3) is 0 Å². The number of nitrogens with one attached hydrogen (secondary N) is 2. The van der Waals surface area contributed by atoms with Crippen molar-refractivity contribution in [1.29, 1.82) is 0 Å². The molecule has 0 radical (unpaired) electrons. The number of thioether (sulfide) groups is 1. The highest BCUT2D eigenvalue weighted by Crippen LogP contribution is 2.31. The van der Waals surface area contributed by atoms with Gasteiger partial charge in [0.1, 0.15) is 0 Å². The van der Waals surface area contributed by atoms with Gasteiger partial charge in [-0.15, -0.1) is 5.10 Å². The summed E-state index contributed by atoms with van der Waals surface area (Å²) >= 11 is 8.45. The predicted octanol–water partition coefficient (Wildman–Crippen LogP) is 2.90. The van der Waals surface area contributed by atoms with E-state index in [0.29, 0.717) is 6.04 Å². The molecule has 3 nitrogen and oxygen atoms in total. The first-order chi connectivity index (χ1) is 6.79. The molecule has 1 aliphatic carbocycles. The van der Waals surface area contributed by atoms with Gasteiger partial charge in [-0.25, -0.2) is 0 Å². The van der Waals surface area contributed by atoms with E-state index in [1.165, 1.54) is 30.6 Å². The average Bonchev–Trinajstić information content (AvgIpc) is 2.76. The standard InChI is InChI=1S/C8H13N3S3/c1-13-6-4-2-3-5(6)9-7-10-11-8(12)14-7/h5-6H,2-4H2,1H3,(H,9,10)(H,11,12). The zero-order valence-corrected chi connectivity index (χ0v) is 10.4. The minimum atomic E-state index is 0.568. The van der Waals surface area contributed by atoms with Crippen LogP contribution in [-0.4, -0.2) is 27.7 Å². The molecule has 0 spiro atoms. The topological polar surface area (TPSA) is 40.7 Å². The Balaban J connectivity index is 2.00. The Hall–Kier alpha value is -0.0700. The maximum absolute atomic E-state index is 4.99. The first-order valence-corrected chi connectivity index (χ1v) is 7.15. The SMILES string of the molecule is CSC1CCCC1Nc1n[nH]c(=S)s1. The van der Waals surface area contributed by atoms with Crippen LogP contribution in [0.2, 0.25) is 0 Å². The van der Waals surface area contributed by atoms with E-state index in [2.05, 4.69) is 21.8 Å². The fraction of sp³-hybridized carbons (Fsp3) is 0.750. The third-order valence-electron chi connectivity index (χ3n) is 2.50. The van der Waals surface area contributed by atoms with Gasteiger partial charge in [-0.05, 0) is 31.3 Å². The van der Waals surface area contributed by atoms with Crippen molar-refractivity contribution in [3.8, 4) is 0 Å². The summed E-state index contributed by atoms with van der Waals surface area (Å²) < 4.78 is 0.742. The highest BCUT2D eigenvalue weighted by atomic mass is 32.2. The molecule has 1 aliphatic rings. The molecule has 0 aromatic carbocycles. The summed E-state index contributed by atoms with van der Waals surface area (Å²) in [6, 6.07) is 0.568. The molecule has 0 bridgehead atoms. The van der Waals surface area contributed by atoms with Crippen LogP contribution in [0, 0.1) is 3.95 Å². The van der Waals surface area contributed by atoms with Crippen molar-refractivity contribution in [1.82, 2.24) is 10.2 Å². The molecule has 0 saturated heterocycles. The van der Waals surface area contributed by atoms with Crippen molar-refractivity contribution in [3.05, 3.63) is 3.95 Å². The van der Waals surface area contributed by atoms with Crippen LogP contribution >= 0.6 is 35.3 Å². The van der Waals surface area contributed by atoms with Gasteiger partial charge in [0.15, 0.2) is 3.95 Å². The summed E-state index contributed by atoms with van der Waals surface area (Å²) in [5, 5.41) is 12.0. The third-order valence-corrected chi connectivity index (χ3v) is 4.69. The molecule has 0 aliphatic heterocycles. The molecule has 14 heavy (non-hydrogen) atoms. The summed E-state index contributed by atoms with van der Waals surface area (Å²) in [5.74, 6) is 0. The molecule has 2 N–H and O–H groups in total. The summed E-state index contributed by atoms with van der Waals surface area (Å²) in [6.45, 7) is 0. The lowest BCUT2D eigenvalue weighted by molar-refractivity contribution is 0.764. The van der Waals surface area contributed by atoms with Gasteiger partial charge in [0.2, 0.25) is 5.13 Å². The molecular weight excluding hydrogens is 234 g/mol. The van der Waals surface area contributed by atoms with Gasteiger partial charge < -0.3 is 5.32 Å². The molecule has 1 aromatic rings. The summed E-state index contributed by atoms with van der Waals surface area (Å²) in [6.07, 6.45) is 6.06. The zero-order valence-electron chi connectivity index (χ0n) is 7.95. The molecule has 2 unspecified atom stereocenters. The molecule has 1 fully saturated rings. The minimum Gasteiger partial charge on any atom is -0.356 e. The van der Waals surface area contributed by atoms with Crippen LogP contribution < -0.4 is 5.32 Å². The van der Waals surface area contributed by atoms with Crippen LogP contribution in [0.15, 0.2) is 0 Å². The molecule has 1 heterocycles. The number of anilines is 1. The molecule has 0 amide bonds. The average molecular weight is 247 g/mol. The van der Waals surface area contributed by atoms with E-state index in [0.717, 1.165) is 14.3 Å². The van der Waals surface area contributed by atoms with E-state index in [-0.39, 0.29) is 0 Å². The third kappa shape index (κ3) is 2.29. The number of rotatable bonds is 3. The fourth-order valence-electron chi connectivity index (χ4n) is 1.82. The van der Waals surface area contributed by atoms with Crippen molar-refractivity contribution in [3.63, 3.8) is 0 Å². The van der Waals surface area contributed by atoms with Crippen LogP contribution in [0.25, 0.3) is 0 Å². The van der Waals surface area contributed by atoms with Crippen LogP contribution in [0.3, 0.4) is 0 Å². The first kappa shape index (κ1) is 10.4. The van der Waals surface area contributed by atoms with E-state index in [9.17, 15) is 0 Å². The molecule has 78 valence electrons. The Bertz CT molecular complexity index is 346. The van der Waals surface area contributed by atoms with Crippen molar-refractivity contribution >= 4 is 40.4 Å². The fourth-order valence-corrected chi connectivity index (χ4v) is 3.61. The quantitative estimate of drug-likeness (QED) is 0.806. The largest absolute Gasteiger partial charge is 0.356 e. The van der Waals surface area contributed by atoms with Crippen LogP contribution in [0.1, 0.15) is 19.3 Å². The first-order valence-electron chi connectivity index (χ1n) is 4.64. The zero-order chi connectivity index (χ0) is 9.97. The van der Waals surface area contributed by atoms with E-state index >= 15 is 0 Å². The van der Waals surface area contributed by atoms with E-state index < -0.39 is 0 Å². The highest BCUT2D eigenvalue weighted by Gasteiger charge is 2.26. The second-order valence-corrected chi connectivity index (χ2v) is 6.12. The Labute approximate surface area is 96.7 Å². The highest BCUT2D eigenvalue weighted by molar-refractivity contribution is 7.99.